The normalized spacial score (nSPS) is 25.9. The lowest BCUT2D eigenvalue weighted by molar-refractivity contribution is 0.0315. The first-order chi connectivity index (χ1) is 10.7. The molecular weight excluding hydrogens is 278 g/mol. The van der Waals surface area contributed by atoms with Crippen molar-refractivity contribution in [3.05, 3.63) is 35.4 Å². The molecule has 0 spiro atoms. The van der Waals surface area contributed by atoms with Crippen LogP contribution in [0.3, 0.4) is 0 Å². The highest BCUT2D eigenvalue weighted by Gasteiger charge is 2.33. The Labute approximate surface area is 130 Å². The predicted molar refractivity (Wildman–Crippen MR) is 82.3 cm³/mol. The second-order valence-electron chi connectivity index (χ2n) is 6.08. The smallest absolute Gasteiger partial charge is 0.253 e. The van der Waals surface area contributed by atoms with Crippen LogP contribution in [0.1, 0.15) is 35.2 Å². The van der Waals surface area contributed by atoms with E-state index in [2.05, 4.69) is 11.0 Å². The molecule has 0 radical (unpaired) electrons. The van der Waals surface area contributed by atoms with E-state index in [4.69, 9.17) is 5.26 Å². The third-order valence-corrected chi connectivity index (χ3v) is 4.78. The molecule has 2 fully saturated rings. The first-order valence-corrected chi connectivity index (χ1v) is 7.90. The van der Waals surface area contributed by atoms with E-state index < -0.39 is 0 Å². The monoisotopic (exact) mass is 299 g/mol. The summed E-state index contributed by atoms with van der Waals surface area (Å²) < 4.78 is 0. The molecule has 0 unspecified atom stereocenters. The van der Waals surface area contributed by atoms with Crippen molar-refractivity contribution < 1.29 is 9.90 Å². The molecule has 2 atom stereocenters. The Morgan fingerprint density at radius 2 is 1.82 bits per heavy atom. The maximum Gasteiger partial charge on any atom is 0.253 e. The number of nitrogens with zero attached hydrogens (tertiary/aromatic N) is 3. The van der Waals surface area contributed by atoms with Crippen molar-refractivity contribution in [2.45, 2.75) is 31.4 Å². The number of hydrogen-bond acceptors (Lipinski definition) is 4. The number of hydrogen-bond donors (Lipinski definition) is 1. The summed E-state index contributed by atoms with van der Waals surface area (Å²) in [4.78, 5) is 16.6. The molecule has 116 valence electrons. The molecule has 1 saturated carbocycles. The molecule has 0 bridgehead atoms. The zero-order valence-electron chi connectivity index (χ0n) is 12.6. The first kappa shape index (κ1) is 15.0. The maximum absolute atomic E-state index is 12.5. The summed E-state index contributed by atoms with van der Waals surface area (Å²) in [6.45, 7) is 3.04. The van der Waals surface area contributed by atoms with E-state index in [0.29, 0.717) is 24.2 Å². The average molecular weight is 299 g/mol. The molecule has 2 aliphatic rings. The quantitative estimate of drug-likeness (QED) is 0.892. The largest absolute Gasteiger partial charge is 0.391 e. The first-order valence-electron chi connectivity index (χ1n) is 7.90. The Bertz CT molecular complexity index is 571. The number of carbonyl (C=O) groups is 1. The summed E-state index contributed by atoms with van der Waals surface area (Å²) in [6, 6.07) is 9.12. The molecule has 1 aromatic rings. The number of benzene rings is 1. The van der Waals surface area contributed by atoms with Crippen LogP contribution in [0.25, 0.3) is 0 Å². The van der Waals surface area contributed by atoms with Gasteiger partial charge < -0.3 is 10.0 Å². The highest BCUT2D eigenvalue weighted by molar-refractivity contribution is 5.94. The van der Waals surface area contributed by atoms with E-state index in [1.165, 1.54) is 0 Å². The summed E-state index contributed by atoms with van der Waals surface area (Å²) in [5.41, 5.74) is 1.20. The number of aliphatic hydroxyl groups is 1. The van der Waals surface area contributed by atoms with Crippen LogP contribution in [0.2, 0.25) is 0 Å². The van der Waals surface area contributed by atoms with Gasteiger partial charge in [0.15, 0.2) is 0 Å². The number of rotatable bonds is 2. The van der Waals surface area contributed by atoms with Gasteiger partial charge in [0, 0.05) is 37.8 Å². The molecule has 1 heterocycles. The molecule has 1 aromatic carbocycles. The molecule has 1 saturated heterocycles. The third-order valence-electron chi connectivity index (χ3n) is 4.78. The lowest BCUT2D eigenvalue weighted by Crippen LogP contribution is -2.53. The fourth-order valence-electron chi connectivity index (χ4n) is 3.47. The molecule has 3 rings (SSSR count). The van der Waals surface area contributed by atoms with Crippen molar-refractivity contribution >= 4 is 5.91 Å². The Hall–Kier alpha value is -1.90. The summed E-state index contributed by atoms with van der Waals surface area (Å²) in [7, 11) is 0. The zero-order chi connectivity index (χ0) is 15.5. The topological polar surface area (TPSA) is 67.6 Å². The molecular formula is C17H21N3O2. The van der Waals surface area contributed by atoms with Crippen LogP contribution in [0.4, 0.5) is 0 Å². The van der Waals surface area contributed by atoms with Crippen molar-refractivity contribution in [3.63, 3.8) is 0 Å². The van der Waals surface area contributed by atoms with Crippen molar-refractivity contribution in [2.75, 3.05) is 26.2 Å². The van der Waals surface area contributed by atoms with Gasteiger partial charge in [0.25, 0.3) is 5.91 Å². The van der Waals surface area contributed by atoms with Gasteiger partial charge in [-0.05, 0) is 43.5 Å². The van der Waals surface area contributed by atoms with Crippen molar-refractivity contribution in [2.24, 2.45) is 0 Å². The molecule has 1 N–H and O–H groups in total. The van der Waals surface area contributed by atoms with E-state index in [-0.39, 0.29) is 18.1 Å². The zero-order valence-corrected chi connectivity index (χ0v) is 12.6. The van der Waals surface area contributed by atoms with Crippen molar-refractivity contribution in [3.8, 4) is 6.07 Å². The summed E-state index contributed by atoms with van der Waals surface area (Å²) in [6.07, 6.45) is 2.84. The van der Waals surface area contributed by atoms with Gasteiger partial charge in [0.05, 0.1) is 17.7 Å². The SMILES string of the molecule is N#Cc1ccc(C(=O)N2CCN([C@@H]3CCC[C@@H]3O)CC2)cc1. The summed E-state index contributed by atoms with van der Waals surface area (Å²) in [5, 5.41) is 18.8. The van der Waals surface area contributed by atoms with Gasteiger partial charge in [-0.1, -0.05) is 0 Å². The second-order valence-corrected chi connectivity index (χ2v) is 6.08. The van der Waals surface area contributed by atoms with Gasteiger partial charge in [0.1, 0.15) is 0 Å². The van der Waals surface area contributed by atoms with Crippen LogP contribution in [0, 0.1) is 11.3 Å². The van der Waals surface area contributed by atoms with Crippen LogP contribution in [-0.4, -0.2) is 59.1 Å². The lowest BCUT2D eigenvalue weighted by Gasteiger charge is -2.39. The molecule has 5 heteroatoms. The Morgan fingerprint density at radius 1 is 1.14 bits per heavy atom. The predicted octanol–water partition coefficient (Wildman–Crippen LogP) is 1.23. The van der Waals surface area contributed by atoms with Gasteiger partial charge in [-0.2, -0.15) is 5.26 Å². The number of carbonyl (C=O) groups excluding carboxylic acids is 1. The molecule has 1 aliphatic carbocycles. The van der Waals surface area contributed by atoms with E-state index in [9.17, 15) is 9.90 Å². The summed E-state index contributed by atoms with van der Waals surface area (Å²) in [5.74, 6) is 0.0242. The molecule has 0 aromatic heterocycles. The molecule has 1 aliphatic heterocycles. The second kappa shape index (κ2) is 6.47. The average Bonchev–Trinajstić information content (AvgIpc) is 3.00. The number of nitriles is 1. The Morgan fingerprint density at radius 3 is 2.36 bits per heavy atom. The molecule has 1 amide bonds. The van der Waals surface area contributed by atoms with Crippen molar-refractivity contribution in [1.29, 1.82) is 5.26 Å². The minimum absolute atomic E-state index is 0.0242. The van der Waals surface area contributed by atoms with Crippen LogP contribution < -0.4 is 0 Å². The standard InChI is InChI=1S/C17H21N3O2/c18-12-13-4-6-14(7-5-13)17(22)20-10-8-19(9-11-20)15-2-1-3-16(15)21/h4-7,15-16,21H,1-3,8-11H2/t15-,16+/m1/s1. The van der Waals surface area contributed by atoms with Gasteiger partial charge in [0.2, 0.25) is 0 Å². The van der Waals surface area contributed by atoms with Crippen LogP contribution in [-0.2, 0) is 0 Å². The van der Waals surface area contributed by atoms with Gasteiger partial charge in [-0.25, -0.2) is 0 Å². The lowest BCUT2D eigenvalue weighted by atomic mass is 10.1. The minimum Gasteiger partial charge on any atom is -0.391 e. The van der Waals surface area contributed by atoms with Gasteiger partial charge in [-0.15, -0.1) is 0 Å². The van der Waals surface area contributed by atoms with E-state index >= 15 is 0 Å². The van der Waals surface area contributed by atoms with Crippen LogP contribution >= 0.6 is 0 Å². The highest BCUT2D eigenvalue weighted by Crippen LogP contribution is 2.25. The van der Waals surface area contributed by atoms with Crippen molar-refractivity contribution in [1.82, 2.24) is 9.80 Å². The number of aliphatic hydroxyl groups excluding tert-OH is 1. The van der Waals surface area contributed by atoms with E-state index in [0.717, 1.165) is 32.4 Å². The van der Waals surface area contributed by atoms with E-state index in [1.807, 2.05) is 4.90 Å². The molecule has 5 nitrogen and oxygen atoms in total. The number of amides is 1. The van der Waals surface area contributed by atoms with Gasteiger partial charge in [-0.3, -0.25) is 9.69 Å². The third kappa shape index (κ3) is 2.99. The van der Waals surface area contributed by atoms with Gasteiger partial charge >= 0.3 is 0 Å². The minimum atomic E-state index is -0.208. The fourth-order valence-corrected chi connectivity index (χ4v) is 3.47. The van der Waals surface area contributed by atoms with Crippen LogP contribution in [0.5, 0.6) is 0 Å². The maximum atomic E-state index is 12.5. The summed E-state index contributed by atoms with van der Waals surface area (Å²) >= 11 is 0. The highest BCUT2D eigenvalue weighted by atomic mass is 16.3. The number of piperazine rings is 1. The van der Waals surface area contributed by atoms with E-state index in [1.54, 1.807) is 24.3 Å². The molecule has 22 heavy (non-hydrogen) atoms. The Kier molecular flexibility index (Phi) is 4.41. The Balaban J connectivity index is 1.58. The fraction of sp³-hybridized carbons (Fsp3) is 0.529. The van der Waals surface area contributed by atoms with Crippen LogP contribution in [0.15, 0.2) is 24.3 Å².